The zero-order chi connectivity index (χ0) is 20.5. The van der Waals surface area contributed by atoms with Gasteiger partial charge in [0.2, 0.25) is 5.91 Å². The number of amides is 1. The summed E-state index contributed by atoms with van der Waals surface area (Å²) in [4.78, 5) is 32.4. The largest absolute Gasteiger partial charge is 0.469 e. The minimum absolute atomic E-state index is 0.0442. The molecule has 0 spiro atoms. The fraction of sp³-hybridized carbons (Fsp3) is 0.650. The van der Waals surface area contributed by atoms with Crippen LogP contribution in [0.2, 0.25) is 0 Å². The highest BCUT2D eigenvalue weighted by atomic mass is 16.5. The van der Waals surface area contributed by atoms with Gasteiger partial charge in [-0.2, -0.15) is 0 Å². The number of esters is 1. The first kappa shape index (κ1) is 22.3. The summed E-state index contributed by atoms with van der Waals surface area (Å²) < 4.78 is 4.91. The highest BCUT2D eigenvalue weighted by Gasteiger charge is 2.32. The molecule has 2 N–H and O–H groups in total. The maximum absolute atomic E-state index is 12.2. The van der Waals surface area contributed by atoms with Gasteiger partial charge in [0, 0.05) is 51.7 Å². The molecule has 8 nitrogen and oxygen atoms in total. The van der Waals surface area contributed by atoms with Crippen molar-refractivity contribution in [1.82, 2.24) is 20.1 Å². The van der Waals surface area contributed by atoms with Crippen LogP contribution in [0.15, 0.2) is 24.5 Å². The van der Waals surface area contributed by atoms with Gasteiger partial charge in [0.05, 0.1) is 25.7 Å². The second-order valence-electron chi connectivity index (χ2n) is 7.63. The number of rotatable bonds is 9. The van der Waals surface area contributed by atoms with Crippen LogP contribution in [0.1, 0.15) is 25.5 Å². The fourth-order valence-corrected chi connectivity index (χ4v) is 3.23. The van der Waals surface area contributed by atoms with Crippen LogP contribution >= 0.6 is 0 Å². The van der Waals surface area contributed by atoms with Gasteiger partial charge >= 0.3 is 5.97 Å². The molecule has 2 rings (SSSR count). The third-order valence-corrected chi connectivity index (χ3v) is 4.93. The lowest BCUT2D eigenvalue weighted by Crippen LogP contribution is -2.51. The molecule has 0 saturated carbocycles. The van der Waals surface area contributed by atoms with Crippen LogP contribution in [-0.2, 0) is 14.3 Å². The van der Waals surface area contributed by atoms with Crippen LogP contribution in [0.5, 0.6) is 0 Å². The third-order valence-electron chi connectivity index (χ3n) is 4.93. The monoisotopic (exact) mass is 392 g/mol. The maximum Gasteiger partial charge on any atom is 0.312 e. The second kappa shape index (κ2) is 11.1. The van der Waals surface area contributed by atoms with E-state index in [-0.39, 0.29) is 5.91 Å². The highest BCUT2D eigenvalue weighted by Crippen LogP contribution is 2.24. The van der Waals surface area contributed by atoms with Crippen molar-refractivity contribution in [2.75, 3.05) is 52.9 Å². The van der Waals surface area contributed by atoms with Crippen LogP contribution in [0.4, 0.5) is 0 Å². The molecule has 1 saturated heterocycles. The van der Waals surface area contributed by atoms with E-state index in [1.807, 2.05) is 0 Å². The first-order chi connectivity index (χ1) is 13.4. The van der Waals surface area contributed by atoms with E-state index in [0.717, 1.165) is 26.2 Å². The molecule has 1 aliphatic rings. The summed E-state index contributed by atoms with van der Waals surface area (Å²) in [6, 6.07) is 3.41. The number of hydrogen-bond donors (Lipinski definition) is 2. The minimum Gasteiger partial charge on any atom is -0.469 e. The smallest absolute Gasteiger partial charge is 0.312 e. The summed E-state index contributed by atoms with van der Waals surface area (Å²) in [6.45, 7) is 8.57. The molecule has 156 valence electrons. The zero-order valence-electron chi connectivity index (χ0n) is 17.0. The molecule has 2 atom stereocenters. The lowest BCUT2D eigenvalue weighted by Gasteiger charge is -2.36. The number of nitrogens with zero attached hydrogens (tertiary/aromatic N) is 3. The number of hydrogen-bond acceptors (Lipinski definition) is 7. The third kappa shape index (κ3) is 6.85. The molecule has 0 aromatic carbocycles. The van der Waals surface area contributed by atoms with E-state index in [4.69, 9.17) is 4.74 Å². The van der Waals surface area contributed by atoms with Gasteiger partial charge in [-0.25, -0.2) is 0 Å². The van der Waals surface area contributed by atoms with E-state index < -0.39 is 18.0 Å². The van der Waals surface area contributed by atoms with Crippen LogP contribution in [0.25, 0.3) is 0 Å². The van der Waals surface area contributed by atoms with Crippen LogP contribution in [0.3, 0.4) is 0 Å². The van der Waals surface area contributed by atoms with E-state index in [1.54, 1.807) is 24.5 Å². The first-order valence-electron chi connectivity index (χ1n) is 9.78. The predicted molar refractivity (Wildman–Crippen MR) is 105 cm³/mol. The van der Waals surface area contributed by atoms with Crippen molar-refractivity contribution < 1.29 is 19.4 Å². The Balaban J connectivity index is 1.86. The first-order valence-corrected chi connectivity index (χ1v) is 9.78. The van der Waals surface area contributed by atoms with E-state index in [9.17, 15) is 14.7 Å². The van der Waals surface area contributed by atoms with Crippen molar-refractivity contribution >= 4 is 11.9 Å². The van der Waals surface area contributed by atoms with E-state index in [2.05, 4.69) is 33.9 Å². The van der Waals surface area contributed by atoms with Crippen molar-refractivity contribution in [2.45, 2.75) is 20.0 Å². The Kier molecular flexibility index (Phi) is 8.82. The molecule has 1 aromatic heterocycles. The molecule has 2 heterocycles. The van der Waals surface area contributed by atoms with Gasteiger partial charge in [0.15, 0.2) is 0 Å². The Morgan fingerprint density at radius 1 is 1.18 bits per heavy atom. The summed E-state index contributed by atoms with van der Waals surface area (Å²) in [6.07, 6.45) is 2.24. The molecule has 1 aromatic rings. The number of aliphatic hydroxyl groups is 1. The quantitative estimate of drug-likeness (QED) is 0.584. The topological polar surface area (TPSA) is 95.0 Å². The van der Waals surface area contributed by atoms with Crippen LogP contribution in [0, 0.1) is 11.8 Å². The summed E-state index contributed by atoms with van der Waals surface area (Å²) in [5, 5.41) is 13.6. The molecule has 0 unspecified atom stereocenters. The van der Waals surface area contributed by atoms with Gasteiger partial charge in [-0.15, -0.1) is 0 Å². The van der Waals surface area contributed by atoms with Crippen molar-refractivity contribution in [3.8, 4) is 0 Å². The Hall–Kier alpha value is -2.03. The van der Waals surface area contributed by atoms with Gasteiger partial charge in [-0.1, -0.05) is 13.8 Å². The van der Waals surface area contributed by atoms with Crippen LogP contribution < -0.4 is 5.32 Å². The number of piperazine rings is 1. The van der Waals surface area contributed by atoms with Gasteiger partial charge in [-0.3, -0.25) is 24.4 Å². The molecule has 8 heteroatoms. The number of ether oxygens (including phenoxy) is 1. The van der Waals surface area contributed by atoms with E-state index in [0.29, 0.717) is 31.1 Å². The Morgan fingerprint density at radius 3 is 2.36 bits per heavy atom. The van der Waals surface area contributed by atoms with Crippen molar-refractivity contribution in [2.24, 2.45) is 11.8 Å². The molecule has 0 bridgehead atoms. The Bertz CT molecular complexity index is 618. The second-order valence-corrected chi connectivity index (χ2v) is 7.63. The summed E-state index contributed by atoms with van der Waals surface area (Å²) in [5.41, 5.74) is 0.644. The zero-order valence-corrected chi connectivity index (χ0v) is 17.0. The number of carbonyl (C=O) groups is 2. The van der Waals surface area contributed by atoms with Gasteiger partial charge in [0.25, 0.3) is 0 Å². The minimum atomic E-state index is -0.949. The summed E-state index contributed by atoms with van der Waals surface area (Å²) in [7, 11) is 1.34. The molecule has 1 fully saturated rings. The average molecular weight is 393 g/mol. The molecular formula is C20H32N4O4. The molecule has 0 radical (unpaired) electrons. The van der Waals surface area contributed by atoms with Crippen LogP contribution in [-0.4, -0.2) is 84.7 Å². The lowest BCUT2D eigenvalue weighted by atomic mass is 9.95. The molecular weight excluding hydrogens is 360 g/mol. The lowest BCUT2D eigenvalue weighted by molar-refractivity contribution is -0.151. The van der Waals surface area contributed by atoms with Gasteiger partial charge in [0.1, 0.15) is 0 Å². The standard InChI is InChI=1S/C20H32N4O4/c1-15(2)12-22-18(25)14-24-10-8-23(9-11-24)13-17(20(27)28-3)19(26)16-4-6-21-7-5-16/h4-7,15,17,19,26H,8-14H2,1-3H3,(H,22,25)/t17-,19-/m1/s1. The van der Waals surface area contributed by atoms with Gasteiger partial charge in [-0.05, 0) is 23.6 Å². The molecule has 28 heavy (non-hydrogen) atoms. The Morgan fingerprint density at radius 2 is 1.79 bits per heavy atom. The normalized spacial score (nSPS) is 17.9. The number of nitrogens with one attached hydrogen (secondary N) is 1. The Labute approximate surface area is 166 Å². The number of methoxy groups -OCH3 is 1. The predicted octanol–water partition coefficient (Wildman–Crippen LogP) is 0.294. The van der Waals surface area contributed by atoms with Crippen molar-refractivity contribution in [3.63, 3.8) is 0 Å². The van der Waals surface area contributed by atoms with E-state index >= 15 is 0 Å². The van der Waals surface area contributed by atoms with Gasteiger partial charge < -0.3 is 15.2 Å². The average Bonchev–Trinajstić information content (AvgIpc) is 2.71. The SMILES string of the molecule is COC(=O)[C@H](CN1CCN(CC(=O)NCC(C)C)CC1)[C@H](O)c1ccncc1. The molecule has 1 aliphatic heterocycles. The van der Waals surface area contributed by atoms with E-state index in [1.165, 1.54) is 7.11 Å². The number of aromatic nitrogens is 1. The summed E-state index contributed by atoms with van der Waals surface area (Å²) in [5.74, 6) is -0.626. The molecule has 1 amide bonds. The molecule has 0 aliphatic carbocycles. The summed E-state index contributed by atoms with van der Waals surface area (Å²) >= 11 is 0. The fourth-order valence-electron chi connectivity index (χ4n) is 3.23. The van der Waals surface area contributed by atoms with Crippen molar-refractivity contribution in [3.05, 3.63) is 30.1 Å². The highest BCUT2D eigenvalue weighted by molar-refractivity contribution is 5.78. The maximum atomic E-state index is 12.2. The number of aliphatic hydroxyl groups excluding tert-OH is 1. The number of pyridine rings is 1. The van der Waals surface area contributed by atoms with Crippen molar-refractivity contribution in [1.29, 1.82) is 0 Å². The number of carbonyl (C=O) groups excluding carboxylic acids is 2.